The number of carbonyl (C=O) groups excluding carboxylic acids is 1. The summed E-state index contributed by atoms with van der Waals surface area (Å²) in [5.41, 5.74) is 3.10. The smallest absolute Gasteiger partial charge is 0.233 e. The predicted molar refractivity (Wildman–Crippen MR) is 77.2 cm³/mol. The number of aromatic nitrogens is 1. The Hall–Kier alpha value is -2.16. The molecule has 0 N–H and O–H groups in total. The van der Waals surface area contributed by atoms with Gasteiger partial charge in [0.05, 0.1) is 5.92 Å². The number of benzene rings is 1. The summed E-state index contributed by atoms with van der Waals surface area (Å²) in [7, 11) is 1.79. The molecular weight excluding hydrogens is 236 g/mol. The van der Waals surface area contributed by atoms with Gasteiger partial charge in [0.25, 0.3) is 0 Å². The van der Waals surface area contributed by atoms with Crippen molar-refractivity contribution in [1.29, 1.82) is 0 Å². The first kappa shape index (κ1) is 13.3. The Balaban J connectivity index is 2.17. The van der Waals surface area contributed by atoms with Crippen molar-refractivity contribution < 1.29 is 4.79 Å². The number of aryl methyl sites for hydroxylation is 1. The van der Waals surface area contributed by atoms with Gasteiger partial charge in [-0.2, -0.15) is 0 Å². The van der Waals surface area contributed by atoms with Crippen LogP contribution in [-0.2, 0) is 4.79 Å². The van der Waals surface area contributed by atoms with Gasteiger partial charge in [-0.15, -0.1) is 0 Å². The van der Waals surface area contributed by atoms with E-state index in [0.29, 0.717) is 0 Å². The van der Waals surface area contributed by atoms with Crippen LogP contribution in [0, 0.1) is 6.92 Å². The largest absolute Gasteiger partial charge is 0.315 e. The third-order valence-electron chi connectivity index (χ3n) is 3.33. The molecule has 1 atom stereocenters. The molecule has 0 saturated heterocycles. The first-order valence-electron chi connectivity index (χ1n) is 6.34. The van der Waals surface area contributed by atoms with Crippen LogP contribution < -0.4 is 4.90 Å². The zero-order chi connectivity index (χ0) is 13.8. The summed E-state index contributed by atoms with van der Waals surface area (Å²) in [4.78, 5) is 18.1. The van der Waals surface area contributed by atoms with E-state index in [4.69, 9.17) is 0 Å². The molecule has 19 heavy (non-hydrogen) atoms. The van der Waals surface area contributed by atoms with E-state index in [0.717, 1.165) is 11.3 Å². The Morgan fingerprint density at radius 3 is 2.26 bits per heavy atom. The maximum atomic E-state index is 12.4. The Labute approximate surface area is 113 Å². The second-order valence-corrected chi connectivity index (χ2v) is 4.74. The lowest BCUT2D eigenvalue weighted by atomic mass is 9.98. The van der Waals surface area contributed by atoms with Crippen LogP contribution in [0.5, 0.6) is 0 Å². The van der Waals surface area contributed by atoms with Gasteiger partial charge in [0.2, 0.25) is 5.91 Å². The minimum atomic E-state index is -0.154. The average Bonchev–Trinajstić information content (AvgIpc) is 2.46. The van der Waals surface area contributed by atoms with Crippen molar-refractivity contribution in [3.05, 3.63) is 59.9 Å². The number of rotatable bonds is 3. The van der Waals surface area contributed by atoms with Gasteiger partial charge < -0.3 is 4.90 Å². The topological polar surface area (TPSA) is 33.2 Å². The van der Waals surface area contributed by atoms with Crippen molar-refractivity contribution in [2.45, 2.75) is 19.8 Å². The Kier molecular flexibility index (Phi) is 3.95. The summed E-state index contributed by atoms with van der Waals surface area (Å²) in [6, 6.07) is 11.8. The minimum Gasteiger partial charge on any atom is -0.315 e. The lowest BCUT2D eigenvalue weighted by Gasteiger charge is -2.21. The van der Waals surface area contributed by atoms with Crippen molar-refractivity contribution in [2.24, 2.45) is 0 Å². The molecule has 1 unspecified atom stereocenters. The molecule has 0 radical (unpaired) electrons. The van der Waals surface area contributed by atoms with Gasteiger partial charge in [-0.3, -0.25) is 9.78 Å². The molecule has 0 aliphatic rings. The molecule has 0 saturated carbocycles. The van der Waals surface area contributed by atoms with E-state index < -0.39 is 0 Å². The van der Waals surface area contributed by atoms with Crippen LogP contribution >= 0.6 is 0 Å². The van der Waals surface area contributed by atoms with Gasteiger partial charge in [0.1, 0.15) is 0 Å². The maximum Gasteiger partial charge on any atom is 0.233 e. The van der Waals surface area contributed by atoms with Crippen molar-refractivity contribution in [3.8, 4) is 0 Å². The zero-order valence-electron chi connectivity index (χ0n) is 11.5. The molecule has 1 amide bonds. The van der Waals surface area contributed by atoms with Crippen molar-refractivity contribution in [3.63, 3.8) is 0 Å². The van der Waals surface area contributed by atoms with E-state index in [1.54, 1.807) is 24.3 Å². The van der Waals surface area contributed by atoms with Crippen LogP contribution in [0.1, 0.15) is 24.0 Å². The molecule has 0 aliphatic carbocycles. The highest BCUT2D eigenvalue weighted by molar-refractivity contribution is 5.97. The summed E-state index contributed by atoms with van der Waals surface area (Å²) in [6.45, 7) is 3.98. The highest BCUT2D eigenvalue weighted by atomic mass is 16.2. The van der Waals surface area contributed by atoms with Crippen LogP contribution in [0.25, 0.3) is 0 Å². The monoisotopic (exact) mass is 254 g/mol. The molecule has 1 heterocycles. The highest BCUT2D eigenvalue weighted by Gasteiger charge is 2.20. The Morgan fingerprint density at radius 1 is 1.11 bits per heavy atom. The summed E-state index contributed by atoms with van der Waals surface area (Å²) in [6.07, 6.45) is 3.38. The second-order valence-electron chi connectivity index (χ2n) is 4.74. The van der Waals surface area contributed by atoms with E-state index in [2.05, 4.69) is 4.98 Å². The van der Waals surface area contributed by atoms with Gasteiger partial charge >= 0.3 is 0 Å². The van der Waals surface area contributed by atoms with E-state index in [1.165, 1.54) is 5.56 Å². The van der Waals surface area contributed by atoms with Crippen LogP contribution in [0.15, 0.2) is 48.8 Å². The fourth-order valence-electron chi connectivity index (χ4n) is 1.98. The third kappa shape index (κ3) is 2.99. The molecule has 0 spiro atoms. The number of hydrogen-bond donors (Lipinski definition) is 0. The second kappa shape index (κ2) is 5.65. The first-order valence-corrected chi connectivity index (χ1v) is 6.34. The van der Waals surface area contributed by atoms with Crippen molar-refractivity contribution in [1.82, 2.24) is 4.98 Å². The molecule has 2 rings (SSSR count). The lowest BCUT2D eigenvalue weighted by molar-refractivity contribution is -0.119. The standard InChI is InChI=1S/C16H18N2O/c1-12-4-6-14(7-5-12)13(2)16(19)18(3)15-8-10-17-11-9-15/h4-11,13H,1-3H3. The summed E-state index contributed by atoms with van der Waals surface area (Å²) in [5.74, 6) is -0.0752. The van der Waals surface area contributed by atoms with Gasteiger partial charge in [0.15, 0.2) is 0 Å². The molecule has 0 fully saturated rings. The fraction of sp³-hybridized carbons (Fsp3) is 0.250. The molecule has 3 heteroatoms. The summed E-state index contributed by atoms with van der Waals surface area (Å²) >= 11 is 0. The normalized spacial score (nSPS) is 11.9. The molecule has 0 aliphatic heterocycles. The van der Waals surface area contributed by atoms with Gasteiger partial charge in [-0.05, 0) is 31.5 Å². The molecule has 0 bridgehead atoms. The Morgan fingerprint density at radius 2 is 1.68 bits per heavy atom. The number of likely N-dealkylation sites (N-methyl/N-ethyl adjacent to an activating group) is 1. The molecule has 1 aromatic heterocycles. The maximum absolute atomic E-state index is 12.4. The van der Waals surface area contributed by atoms with Gasteiger partial charge in [0, 0.05) is 25.1 Å². The average molecular weight is 254 g/mol. The van der Waals surface area contributed by atoms with Crippen LogP contribution in [0.2, 0.25) is 0 Å². The lowest BCUT2D eigenvalue weighted by Crippen LogP contribution is -2.30. The quantitative estimate of drug-likeness (QED) is 0.843. The highest BCUT2D eigenvalue weighted by Crippen LogP contribution is 2.21. The van der Waals surface area contributed by atoms with Gasteiger partial charge in [-0.1, -0.05) is 29.8 Å². The van der Waals surface area contributed by atoms with Gasteiger partial charge in [-0.25, -0.2) is 0 Å². The third-order valence-corrected chi connectivity index (χ3v) is 3.33. The van der Waals surface area contributed by atoms with E-state index in [-0.39, 0.29) is 11.8 Å². The van der Waals surface area contributed by atoms with Crippen LogP contribution in [-0.4, -0.2) is 17.9 Å². The number of amides is 1. The van der Waals surface area contributed by atoms with E-state index in [9.17, 15) is 4.79 Å². The molecule has 2 aromatic rings. The molecule has 3 nitrogen and oxygen atoms in total. The summed E-state index contributed by atoms with van der Waals surface area (Å²) in [5, 5.41) is 0. The number of pyridine rings is 1. The van der Waals surface area contributed by atoms with Crippen LogP contribution in [0.3, 0.4) is 0 Å². The zero-order valence-corrected chi connectivity index (χ0v) is 11.5. The van der Waals surface area contributed by atoms with Crippen molar-refractivity contribution in [2.75, 3.05) is 11.9 Å². The first-order chi connectivity index (χ1) is 9.09. The van der Waals surface area contributed by atoms with E-state index in [1.807, 2.05) is 50.2 Å². The Bertz CT molecular complexity index is 549. The molecule has 98 valence electrons. The van der Waals surface area contributed by atoms with Crippen LogP contribution in [0.4, 0.5) is 5.69 Å². The molecular formula is C16H18N2O. The number of hydrogen-bond acceptors (Lipinski definition) is 2. The predicted octanol–water partition coefficient (Wildman–Crippen LogP) is 3.16. The molecule has 1 aromatic carbocycles. The number of nitrogens with zero attached hydrogens (tertiary/aromatic N) is 2. The summed E-state index contributed by atoms with van der Waals surface area (Å²) < 4.78 is 0. The van der Waals surface area contributed by atoms with E-state index >= 15 is 0 Å². The van der Waals surface area contributed by atoms with Crippen molar-refractivity contribution >= 4 is 11.6 Å². The number of carbonyl (C=O) groups is 1. The number of anilines is 1. The minimum absolute atomic E-state index is 0.0788. The SMILES string of the molecule is Cc1ccc(C(C)C(=O)N(C)c2ccncc2)cc1. The fourth-order valence-corrected chi connectivity index (χ4v) is 1.98.